The molecule has 2 aromatic rings. The lowest BCUT2D eigenvalue weighted by Gasteiger charge is -2.23. The van der Waals surface area contributed by atoms with E-state index in [1.807, 2.05) is 48.7 Å². The Morgan fingerprint density at radius 1 is 1.38 bits per heavy atom. The molecular formula is C19H17N3O2S2. The van der Waals surface area contributed by atoms with E-state index in [4.69, 9.17) is 0 Å². The zero-order valence-electron chi connectivity index (χ0n) is 14.1. The summed E-state index contributed by atoms with van der Waals surface area (Å²) >= 11 is 2.71. The Kier molecular flexibility index (Phi) is 5.76. The summed E-state index contributed by atoms with van der Waals surface area (Å²) in [7, 11) is 0. The number of hydrogen-bond acceptors (Lipinski definition) is 5. The van der Waals surface area contributed by atoms with Crippen LogP contribution in [-0.4, -0.2) is 17.6 Å². The number of rotatable bonds is 5. The second kappa shape index (κ2) is 8.21. The SMILES string of the molecule is Cc1ccccc1NC(=O)CSC1=C(C#N)C(c2cccs2)CC(=O)N1. The first-order valence-corrected chi connectivity index (χ1v) is 9.91. The molecular weight excluding hydrogens is 366 g/mol. The predicted octanol–water partition coefficient (Wildman–Crippen LogP) is 3.77. The minimum absolute atomic E-state index is 0.117. The van der Waals surface area contributed by atoms with Gasteiger partial charge in [0, 0.05) is 22.9 Å². The molecule has 2 amide bonds. The molecule has 26 heavy (non-hydrogen) atoms. The maximum atomic E-state index is 12.2. The predicted molar refractivity (Wildman–Crippen MR) is 105 cm³/mol. The van der Waals surface area contributed by atoms with E-state index in [2.05, 4.69) is 16.7 Å². The first kappa shape index (κ1) is 18.2. The van der Waals surface area contributed by atoms with Gasteiger partial charge in [-0.2, -0.15) is 5.26 Å². The van der Waals surface area contributed by atoms with Crippen LogP contribution >= 0.6 is 23.1 Å². The molecule has 2 heterocycles. The van der Waals surface area contributed by atoms with Gasteiger partial charge in [0.05, 0.1) is 22.4 Å². The number of nitrogens with one attached hydrogen (secondary N) is 2. The lowest BCUT2D eigenvalue weighted by Crippen LogP contribution is -2.31. The van der Waals surface area contributed by atoms with Gasteiger partial charge in [0.25, 0.3) is 0 Å². The summed E-state index contributed by atoms with van der Waals surface area (Å²) in [6.45, 7) is 1.92. The minimum Gasteiger partial charge on any atom is -0.325 e. The van der Waals surface area contributed by atoms with Crippen molar-refractivity contribution >= 4 is 40.6 Å². The van der Waals surface area contributed by atoms with Crippen LogP contribution in [0.3, 0.4) is 0 Å². The summed E-state index contributed by atoms with van der Waals surface area (Å²) in [6.07, 6.45) is 0.253. The normalized spacial score (nSPS) is 16.8. The van der Waals surface area contributed by atoms with E-state index in [0.29, 0.717) is 10.6 Å². The molecule has 3 rings (SSSR count). The summed E-state index contributed by atoms with van der Waals surface area (Å²) in [6, 6.07) is 13.6. The van der Waals surface area contributed by atoms with Crippen LogP contribution in [0.4, 0.5) is 5.69 Å². The zero-order valence-corrected chi connectivity index (χ0v) is 15.7. The molecule has 0 aliphatic carbocycles. The maximum Gasteiger partial charge on any atom is 0.234 e. The van der Waals surface area contributed by atoms with E-state index in [1.54, 1.807) is 0 Å². The third-order valence-electron chi connectivity index (χ3n) is 4.01. The van der Waals surface area contributed by atoms with Gasteiger partial charge in [0.15, 0.2) is 0 Å². The highest BCUT2D eigenvalue weighted by Crippen LogP contribution is 2.37. The largest absolute Gasteiger partial charge is 0.325 e. The van der Waals surface area contributed by atoms with Crippen LogP contribution in [-0.2, 0) is 9.59 Å². The summed E-state index contributed by atoms with van der Waals surface area (Å²) in [4.78, 5) is 25.3. The highest BCUT2D eigenvalue weighted by Gasteiger charge is 2.30. The van der Waals surface area contributed by atoms with Crippen molar-refractivity contribution in [2.45, 2.75) is 19.3 Å². The van der Waals surface area contributed by atoms with Crippen molar-refractivity contribution in [2.24, 2.45) is 0 Å². The number of thiophene rings is 1. The molecule has 0 saturated carbocycles. The van der Waals surface area contributed by atoms with Gasteiger partial charge < -0.3 is 10.6 Å². The molecule has 0 radical (unpaired) electrons. The van der Waals surface area contributed by atoms with Gasteiger partial charge in [-0.1, -0.05) is 36.0 Å². The topological polar surface area (TPSA) is 82.0 Å². The Morgan fingerprint density at radius 2 is 2.19 bits per heavy atom. The van der Waals surface area contributed by atoms with Crippen molar-refractivity contribution in [1.29, 1.82) is 5.26 Å². The molecule has 7 heteroatoms. The van der Waals surface area contributed by atoms with Crippen LogP contribution in [0.5, 0.6) is 0 Å². The van der Waals surface area contributed by atoms with Gasteiger partial charge in [-0.05, 0) is 30.0 Å². The standard InChI is InChI=1S/C19H17N3O2S2/c1-12-5-2-3-6-15(12)21-18(24)11-26-19-14(10-20)13(9-17(23)22-19)16-7-4-8-25-16/h2-8,13H,9,11H2,1H3,(H,21,24)(H,22,23). The fourth-order valence-electron chi connectivity index (χ4n) is 2.70. The molecule has 0 saturated heterocycles. The maximum absolute atomic E-state index is 12.2. The van der Waals surface area contributed by atoms with Gasteiger partial charge in [-0.25, -0.2) is 0 Å². The number of carbonyl (C=O) groups is 2. The monoisotopic (exact) mass is 383 g/mol. The van der Waals surface area contributed by atoms with E-state index < -0.39 is 0 Å². The van der Waals surface area contributed by atoms with Crippen LogP contribution in [0.15, 0.2) is 52.4 Å². The van der Waals surface area contributed by atoms with Gasteiger partial charge >= 0.3 is 0 Å². The number of nitriles is 1. The van der Waals surface area contributed by atoms with Gasteiger partial charge in [-0.15, -0.1) is 11.3 Å². The third kappa shape index (κ3) is 4.15. The van der Waals surface area contributed by atoms with Crippen molar-refractivity contribution in [3.05, 3.63) is 62.8 Å². The Hall–Kier alpha value is -2.56. The number of anilines is 1. The van der Waals surface area contributed by atoms with Gasteiger partial charge in [-0.3, -0.25) is 9.59 Å². The van der Waals surface area contributed by atoms with Crippen molar-refractivity contribution in [1.82, 2.24) is 5.32 Å². The third-order valence-corrected chi connectivity index (χ3v) is 6.01. The zero-order chi connectivity index (χ0) is 18.5. The number of aryl methyl sites for hydroxylation is 1. The van der Waals surface area contributed by atoms with E-state index in [9.17, 15) is 14.9 Å². The summed E-state index contributed by atoms with van der Waals surface area (Å²) in [5.74, 6) is -0.437. The molecule has 1 atom stereocenters. The highest BCUT2D eigenvalue weighted by molar-refractivity contribution is 8.03. The minimum atomic E-state index is -0.240. The number of amides is 2. The Morgan fingerprint density at radius 3 is 2.88 bits per heavy atom. The van der Waals surface area contributed by atoms with Crippen LogP contribution in [0, 0.1) is 18.3 Å². The average molecular weight is 383 g/mol. The van der Waals surface area contributed by atoms with Crippen molar-refractivity contribution in [2.75, 3.05) is 11.1 Å². The van der Waals surface area contributed by atoms with Crippen molar-refractivity contribution < 1.29 is 9.59 Å². The molecule has 1 unspecified atom stereocenters. The van der Waals surface area contributed by atoms with Gasteiger partial charge in [0.2, 0.25) is 11.8 Å². The van der Waals surface area contributed by atoms with Crippen molar-refractivity contribution in [3.8, 4) is 6.07 Å². The highest BCUT2D eigenvalue weighted by atomic mass is 32.2. The molecule has 1 aliphatic heterocycles. The molecule has 0 spiro atoms. The van der Waals surface area contributed by atoms with Crippen LogP contribution in [0.1, 0.15) is 22.8 Å². The molecule has 1 aliphatic rings. The second-order valence-corrected chi connectivity index (χ2v) is 7.79. The van der Waals surface area contributed by atoms with E-state index in [0.717, 1.165) is 16.1 Å². The molecule has 1 aromatic carbocycles. The molecule has 0 fully saturated rings. The number of nitrogens with zero attached hydrogens (tertiary/aromatic N) is 1. The number of carbonyl (C=O) groups excluding carboxylic acids is 2. The summed E-state index contributed by atoms with van der Waals surface area (Å²) in [5, 5.41) is 17.6. The first-order valence-electron chi connectivity index (χ1n) is 8.04. The van der Waals surface area contributed by atoms with E-state index in [-0.39, 0.29) is 29.9 Å². The lowest BCUT2D eigenvalue weighted by atomic mass is 9.93. The molecule has 0 bridgehead atoms. The summed E-state index contributed by atoms with van der Waals surface area (Å²) < 4.78 is 0. The number of thioether (sulfide) groups is 1. The van der Waals surface area contributed by atoms with Crippen LogP contribution in [0.2, 0.25) is 0 Å². The first-order chi connectivity index (χ1) is 12.6. The number of benzene rings is 1. The fraction of sp³-hybridized carbons (Fsp3) is 0.211. The molecule has 2 N–H and O–H groups in total. The van der Waals surface area contributed by atoms with Crippen LogP contribution < -0.4 is 10.6 Å². The fourth-order valence-corrected chi connectivity index (χ4v) is 4.42. The Balaban J connectivity index is 1.72. The average Bonchev–Trinajstić information content (AvgIpc) is 3.16. The Labute approximate surface area is 160 Å². The van der Waals surface area contributed by atoms with Crippen LogP contribution in [0.25, 0.3) is 0 Å². The summed E-state index contributed by atoms with van der Waals surface area (Å²) in [5.41, 5.74) is 2.25. The quantitative estimate of drug-likeness (QED) is 0.823. The molecule has 1 aromatic heterocycles. The van der Waals surface area contributed by atoms with E-state index in [1.165, 1.54) is 23.1 Å². The Bertz CT molecular complexity index is 898. The van der Waals surface area contributed by atoms with Crippen molar-refractivity contribution in [3.63, 3.8) is 0 Å². The number of hydrogen-bond donors (Lipinski definition) is 2. The lowest BCUT2D eigenvalue weighted by molar-refractivity contribution is -0.121. The molecule has 5 nitrogen and oxygen atoms in total. The number of para-hydroxylation sites is 1. The smallest absolute Gasteiger partial charge is 0.234 e. The molecule has 132 valence electrons. The number of allylic oxidation sites excluding steroid dienone is 1. The van der Waals surface area contributed by atoms with Gasteiger partial charge in [0.1, 0.15) is 0 Å². The second-order valence-electron chi connectivity index (χ2n) is 5.83. The van der Waals surface area contributed by atoms with E-state index >= 15 is 0 Å².